The monoisotopic (exact) mass is 259 g/mol. The second-order valence-corrected chi connectivity index (χ2v) is 4.51. The number of rotatable bonds is 4. The Morgan fingerprint density at radius 3 is 3.11 bits per heavy atom. The standard InChI is InChI=1S/C14H17N3O2/c1-19-13-5-4-10(7-11(13)8-15)9-17-12-3-2-6-16-14(12)18/h4-5,7,12,17H,2-3,6,9H2,1H3,(H,16,18). The van der Waals surface area contributed by atoms with Gasteiger partial charge in [-0.25, -0.2) is 0 Å². The van der Waals surface area contributed by atoms with Crippen molar-refractivity contribution in [2.24, 2.45) is 0 Å². The van der Waals surface area contributed by atoms with Gasteiger partial charge in [0, 0.05) is 13.1 Å². The molecule has 1 fully saturated rings. The minimum Gasteiger partial charge on any atom is -0.495 e. The highest BCUT2D eigenvalue weighted by molar-refractivity contribution is 5.82. The number of nitrogens with zero attached hydrogens (tertiary/aromatic N) is 1. The average Bonchev–Trinajstić information content (AvgIpc) is 2.46. The molecule has 1 atom stereocenters. The van der Waals surface area contributed by atoms with E-state index in [1.165, 1.54) is 0 Å². The van der Waals surface area contributed by atoms with Crippen molar-refractivity contribution in [3.8, 4) is 11.8 Å². The van der Waals surface area contributed by atoms with Gasteiger partial charge in [-0.15, -0.1) is 0 Å². The molecule has 1 aromatic rings. The Labute approximate surface area is 112 Å². The number of benzene rings is 1. The van der Waals surface area contributed by atoms with Crippen LogP contribution in [0.25, 0.3) is 0 Å². The van der Waals surface area contributed by atoms with Crippen molar-refractivity contribution in [2.45, 2.75) is 25.4 Å². The maximum Gasteiger partial charge on any atom is 0.237 e. The van der Waals surface area contributed by atoms with Crippen molar-refractivity contribution in [2.75, 3.05) is 13.7 Å². The predicted molar refractivity (Wildman–Crippen MR) is 70.6 cm³/mol. The first kappa shape index (κ1) is 13.4. The fourth-order valence-electron chi connectivity index (χ4n) is 2.16. The first-order valence-corrected chi connectivity index (χ1v) is 6.32. The van der Waals surface area contributed by atoms with E-state index in [-0.39, 0.29) is 11.9 Å². The molecule has 19 heavy (non-hydrogen) atoms. The molecule has 5 heteroatoms. The molecule has 2 rings (SSSR count). The summed E-state index contributed by atoms with van der Waals surface area (Å²) in [6.07, 6.45) is 1.85. The number of methoxy groups -OCH3 is 1. The van der Waals surface area contributed by atoms with E-state index in [0.717, 1.165) is 24.9 Å². The zero-order chi connectivity index (χ0) is 13.7. The third-order valence-electron chi connectivity index (χ3n) is 3.22. The fourth-order valence-corrected chi connectivity index (χ4v) is 2.16. The molecule has 0 saturated carbocycles. The van der Waals surface area contributed by atoms with Gasteiger partial charge in [-0.2, -0.15) is 5.26 Å². The van der Waals surface area contributed by atoms with Crippen LogP contribution < -0.4 is 15.4 Å². The van der Waals surface area contributed by atoms with E-state index < -0.39 is 0 Å². The van der Waals surface area contributed by atoms with E-state index in [1.54, 1.807) is 19.2 Å². The average molecular weight is 259 g/mol. The molecule has 0 bridgehead atoms. The molecule has 1 amide bonds. The summed E-state index contributed by atoms with van der Waals surface area (Å²) in [6.45, 7) is 1.33. The molecule has 1 aromatic carbocycles. The zero-order valence-corrected chi connectivity index (χ0v) is 10.9. The minimum atomic E-state index is -0.138. The predicted octanol–water partition coefficient (Wildman–Crippen LogP) is 0.935. The summed E-state index contributed by atoms with van der Waals surface area (Å²) in [4.78, 5) is 11.6. The van der Waals surface area contributed by atoms with Crippen LogP contribution in [-0.4, -0.2) is 25.6 Å². The number of ether oxygens (including phenoxy) is 1. The number of carbonyl (C=O) groups is 1. The van der Waals surface area contributed by atoms with Crippen LogP contribution >= 0.6 is 0 Å². The molecular formula is C14H17N3O2. The molecule has 0 aliphatic carbocycles. The molecule has 100 valence electrons. The van der Waals surface area contributed by atoms with Crippen molar-refractivity contribution >= 4 is 5.91 Å². The molecule has 1 aliphatic rings. The fraction of sp³-hybridized carbons (Fsp3) is 0.429. The van der Waals surface area contributed by atoms with E-state index in [0.29, 0.717) is 17.9 Å². The van der Waals surface area contributed by atoms with Crippen LogP contribution in [0.5, 0.6) is 5.75 Å². The van der Waals surface area contributed by atoms with E-state index in [2.05, 4.69) is 16.7 Å². The van der Waals surface area contributed by atoms with Crippen LogP contribution in [0.15, 0.2) is 18.2 Å². The second kappa shape index (κ2) is 6.21. The molecule has 2 N–H and O–H groups in total. The number of amides is 1. The van der Waals surface area contributed by atoms with E-state index in [9.17, 15) is 4.79 Å². The smallest absolute Gasteiger partial charge is 0.237 e. The summed E-state index contributed by atoms with van der Waals surface area (Å²) in [5.41, 5.74) is 1.48. The zero-order valence-electron chi connectivity index (χ0n) is 10.9. The summed E-state index contributed by atoms with van der Waals surface area (Å²) in [5.74, 6) is 0.627. The van der Waals surface area contributed by atoms with Gasteiger partial charge in [0.2, 0.25) is 5.91 Å². The van der Waals surface area contributed by atoms with Gasteiger partial charge >= 0.3 is 0 Å². The van der Waals surface area contributed by atoms with Crippen LogP contribution in [0.4, 0.5) is 0 Å². The Bertz CT molecular complexity index is 508. The van der Waals surface area contributed by atoms with Gasteiger partial charge in [-0.05, 0) is 30.5 Å². The lowest BCUT2D eigenvalue weighted by atomic mass is 10.1. The quantitative estimate of drug-likeness (QED) is 0.843. The molecule has 0 spiro atoms. The number of carbonyl (C=O) groups excluding carboxylic acids is 1. The van der Waals surface area contributed by atoms with Crippen molar-refractivity contribution in [1.82, 2.24) is 10.6 Å². The minimum absolute atomic E-state index is 0.0558. The van der Waals surface area contributed by atoms with Crippen LogP contribution in [0.3, 0.4) is 0 Å². The number of hydrogen-bond acceptors (Lipinski definition) is 4. The maximum atomic E-state index is 11.6. The van der Waals surface area contributed by atoms with Gasteiger partial charge in [0.1, 0.15) is 11.8 Å². The number of hydrogen-bond donors (Lipinski definition) is 2. The number of nitriles is 1. The van der Waals surface area contributed by atoms with E-state index in [1.807, 2.05) is 6.07 Å². The van der Waals surface area contributed by atoms with Crippen molar-refractivity contribution < 1.29 is 9.53 Å². The van der Waals surface area contributed by atoms with Gasteiger partial charge in [-0.1, -0.05) is 6.07 Å². The lowest BCUT2D eigenvalue weighted by Gasteiger charge is -2.22. The molecule has 0 aromatic heterocycles. The maximum absolute atomic E-state index is 11.6. The summed E-state index contributed by atoms with van der Waals surface area (Å²) in [7, 11) is 1.54. The van der Waals surface area contributed by atoms with Crippen LogP contribution in [0, 0.1) is 11.3 Å². The highest BCUT2D eigenvalue weighted by Gasteiger charge is 2.20. The number of piperidine rings is 1. The Hall–Kier alpha value is -2.06. The molecule has 1 heterocycles. The van der Waals surface area contributed by atoms with Gasteiger partial charge in [0.25, 0.3) is 0 Å². The third kappa shape index (κ3) is 3.24. The summed E-state index contributed by atoms with van der Waals surface area (Å²) in [5, 5.41) is 15.1. The van der Waals surface area contributed by atoms with Gasteiger partial charge in [0.15, 0.2) is 0 Å². The van der Waals surface area contributed by atoms with Crippen molar-refractivity contribution in [3.05, 3.63) is 29.3 Å². The highest BCUT2D eigenvalue weighted by atomic mass is 16.5. The van der Waals surface area contributed by atoms with Crippen LogP contribution in [0.1, 0.15) is 24.0 Å². The molecule has 1 unspecified atom stereocenters. The Balaban J connectivity index is 1.99. The molecule has 0 radical (unpaired) electrons. The Morgan fingerprint density at radius 2 is 2.42 bits per heavy atom. The van der Waals surface area contributed by atoms with Gasteiger partial charge < -0.3 is 15.4 Å². The normalized spacial score (nSPS) is 18.5. The van der Waals surface area contributed by atoms with Gasteiger partial charge in [-0.3, -0.25) is 4.79 Å². The van der Waals surface area contributed by atoms with Crippen LogP contribution in [0.2, 0.25) is 0 Å². The lowest BCUT2D eigenvalue weighted by Crippen LogP contribution is -2.47. The molecule has 1 saturated heterocycles. The highest BCUT2D eigenvalue weighted by Crippen LogP contribution is 2.18. The summed E-state index contributed by atoms with van der Waals surface area (Å²) in [6, 6.07) is 7.42. The van der Waals surface area contributed by atoms with Crippen molar-refractivity contribution in [1.29, 1.82) is 5.26 Å². The lowest BCUT2D eigenvalue weighted by molar-refractivity contribution is -0.124. The second-order valence-electron chi connectivity index (χ2n) is 4.51. The first-order valence-electron chi connectivity index (χ1n) is 6.32. The summed E-state index contributed by atoms with van der Waals surface area (Å²) < 4.78 is 5.10. The topological polar surface area (TPSA) is 74.2 Å². The van der Waals surface area contributed by atoms with E-state index >= 15 is 0 Å². The summed E-state index contributed by atoms with van der Waals surface area (Å²) >= 11 is 0. The SMILES string of the molecule is COc1ccc(CNC2CCCNC2=O)cc1C#N. The Morgan fingerprint density at radius 1 is 1.58 bits per heavy atom. The van der Waals surface area contributed by atoms with Crippen molar-refractivity contribution in [3.63, 3.8) is 0 Å². The largest absolute Gasteiger partial charge is 0.495 e. The van der Waals surface area contributed by atoms with Crippen LogP contribution in [-0.2, 0) is 11.3 Å². The van der Waals surface area contributed by atoms with Gasteiger partial charge in [0.05, 0.1) is 18.7 Å². The number of nitrogens with one attached hydrogen (secondary N) is 2. The molecule has 1 aliphatic heterocycles. The van der Waals surface area contributed by atoms with E-state index in [4.69, 9.17) is 10.00 Å². The Kier molecular flexibility index (Phi) is 4.37. The first-order chi connectivity index (χ1) is 9.24. The molecule has 5 nitrogen and oxygen atoms in total. The third-order valence-corrected chi connectivity index (χ3v) is 3.22. The molecular weight excluding hydrogens is 242 g/mol.